The molecule has 1 amide bonds. The van der Waals surface area contributed by atoms with Gasteiger partial charge < -0.3 is 15.3 Å². The van der Waals surface area contributed by atoms with Gasteiger partial charge in [-0.15, -0.1) is 0 Å². The van der Waals surface area contributed by atoms with Crippen LogP contribution >= 0.6 is 11.6 Å². The number of rotatable bonds is 2. The Hall–Kier alpha value is -2.15. The third-order valence-corrected chi connectivity index (χ3v) is 4.17. The Labute approximate surface area is 132 Å². The van der Waals surface area contributed by atoms with E-state index in [2.05, 4.69) is 25.2 Å². The van der Waals surface area contributed by atoms with E-state index in [9.17, 15) is 4.79 Å². The van der Waals surface area contributed by atoms with Crippen molar-refractivity contribution < 1.29 is 9.90 Å². The summed E-state index contributed by atoms with van der Waals surface area (Å²) in [6.07, 6.45) is 2.14. The molecule has 2 aromatic heterocycles. The van der Waals surface area contributed by atoms with Gasteiger partial charge in [0.15, 0.2) is 5.65 Å². The highest BCUT2D eigenvalue weighted by atomic mass is 35.5. The van der Waals surface area contributed by atoms with Gasteiger partial charge in [-0.2, -0.15) is 0 Å². The van der Waals surface area contributed by atoms with E-state index >= 15 is 0 Å². The summed E-state index contributed by atoms with van der Waals surface area (Å²) in [6.45, 7) is 3.37. The van der Waals surface area contributed by atoms with Gasteiger partial charge in [0.25, 0.3) is 0 Å². The van der Waals surface area contributed by atoms with Crippen molar-refractivity contribution in [3.63, 3.8) is 0 Å². The van der Waals surface area contributed by atoms with E-state index in [1.165, 1.54) is 0 Å². The number of hydrogen-bond acceptors (Lipinski definition) is 5. The number of fused-ring (bicyclic) bond motifs is 1. The number of pyridine rings is 1. The highest BCUT2D eigenvalue weighted by molar-refractivity contribution is 6.29. The van der Waals surface area contributed by atoms with Crippen LogP contribution in [0, 0.1) is 0 Å². The zero-order valence-corrected chi connectivity index (χ0v) is 12.8. The van der Waals surface area contributed by atoms with Gasteiger partial charge in [0.1, 0.15) is 16.5 Å². The van der Waals surface area contributed by atoms with Crippen molar-refractivity contribution in [1.29, 1.82) is 0 Å². The summed E-state index contributed by atoms with van der Waals surface area (Å²) in [7, 11) is 0. The first-order valence-corrected chi connectivity index (χ1v) is 7.38. The van der Waals surface area contributed by atoms with E-state index in [1.807, 2.05) is 6.92 Å². The average Bonchev–Trinajstić information content (AvgIpc) is 2.46. The lowest BCUT2D eigenvalue weighted by Crippen LogP contribution is -2.53. The Morgan fingerprint density at radius 3 is 2.77 bits per heavy atom. The van der Waals surface area contributed by atoms with Crippen LogP contribution in [-0.4, -0.2) is 44.8 Å². The molecule has 0 spiro atoms. The number of nitrogens with one attached hydrogen (secondary N) is 1. The van der Waals surface area contributed by atoms with Crippen molar-refractivity contribution in [1.82, 2.24) is 20.3 Å². The van der Waals surface area contributed by atoms with Gasteiger partial charge in [-0.05, 0) is 31.9 Å². The molecule has 3 heterocycles. The molecule has 7 nitrogen and oxygen atoms in total. The van der Waals surface area contributed by atoms with Crippen molar-refractivity contribution >= 4 is 34.7 Å². The quantitative estimate of drug-likeness (QED) is 0.825. The molecule has 22 heavy (non-hydrogen) atoms. The lowest BCUT2D eigenvalue weighted by Gasteiger charge is -2.39. The Morgan fingerprint density at radius 2 is 2.09 bits per heavy atom. The van der Waals surface area contributed by atoms with Crippen molar-refractivity contribution in [2.75, 3.05) is 18.0 Å². The molecule has 1 aliphatic heterocycles. The molecule has 3 rings (SSSR count). The van der Waals surface area contributed by atoms with Crippen LogP contribution in [0.4, 0.5) is 10.6 Å². The van der Waals surface area contributed by atoms with Crippen LogP contribution < -0.4 is 10.2 Å². The lowest BCUT2D eigenvalue weighted by atomic mass is 9.90. The fourth-order valence-electron chi connectivity index (χ4n) is 2.64. The first kappa shape index (κ1) is 14.8. The van der Waals surface area contributed by atoms with Gasteiger partial charge in [-0.3, -0.25) is 0 Å². The Bertz CT molecular complexity index is 715. The molecule has 0 aliphatic carbocycles. The van der Waals surface area contributed by atoms with E-state index in [4.69, 9.17) is 16.7 Å². The molecule has 1 saturated heterocycles. The maximum atomic E-state index is 10.8. The molecule has 0 saturated carbocycles. The zero-order valence-electron chi connectivity index (χ0n) is 12.1. The number of nitrogens with zero attached hydrogens (tertiary/aromatic N) is 4. The third kappa shape index (κ3) is 3.04. The normalized spacial score (nSPS) is 17.5. The second-order valence-corrected chi connectivity index (χ2v) is 6.07. The van der Waals surface area contributed by atoms with Crippen molar-refractivity contribution in [2.24, 2.45) is 0 Å². The SMILES string of the molecule is CC1(NC(=O)O)CCN(c2cnc3nc(Cl)ccc3n2)CC1. The topological polar surface area (TPSA) is 91.2 Å². The first-order chi connectivity index (χ1) is 10.5. The van der Waals surface area contributed by atoms with Crippen molar-refractivity contribution in [3.05, 3.63) is 23.5 Å². The molecular formula is C14H16ClN5O2. The monoisotopic (exact) mass is 321 g/mol. The fourth-order valence-corrected chi connectivity index (χ4v) is 2.78. The van der Waals surface area contributed by atoms with E-state index in [-0.39, 0.29) is 5.54 Å². The fraction of sp³-hybridized carbons (Fsp3) is 0.429. The van der Waals surface area contributed by atoms with Gasteiger partial charge >= 0.3 is 6.09 Å². The minimum absolute atomic E-state index is 0.387. The molecule has 116 valence electrons. The molecular weight excluding hydrogens is 306 g/mol. The van der Waals surface area contributed by atoms with E-state index in [0.29, 0.717) is 16.3 Å². The summed E-state index contributed by atoms with van der Waals surface area (Å²) in [5, 5.41) is 11.9. The minimum Gasteiger partial charge on any atom is -0.465 e. The molecule has 2 N–H and O–H groups in total. The maximum Gasteiger partial charge on any atom is 0.405 e. The van der Waals surface area contributed by atoms with Crippen molar-refractivity contribution in [3.8, 4) is 0 Å². The number of piperidine rings is 1. The predicted molar refractivity (Wildman–Crippen MR) is 83.4 cm³/mol. The molecule has 0 radical (unpaired) electrons. The molecule has 0 aromatic carbocycles. The summed E-state index contributed by atoms with van der Waals surface area (Å²) >= 11 is 5.84. The van der Waals surface area contributed by atoms with Crippen LogP contribution in [0.2, 0.25) is 5.15 Å². The second kappa shape index (κ2) is 5.57. The summed E-state index contributed by atoms with van der Waals surface area (Å²) in [5.41, 5.74) is 0.825. The highest BCUT2D eigenvalue weighted by Gasteiger charge is 2.32. The van der Waals surface area contributed by atoms with Crippen LogP contribution in [0.3, 0.4) is 0 Å². The van der Waals surface area contributed by atoms with Gasteiger partial charge in [0, 0.05) is 18.6 Å². The van der Waals surface area contributed by atoms with Gasteiger partial charge in [0.05, 0.1) is 6.20 Å². The number of carboxylic acid groups (broad SMARTS) is 1. The minimum atomic E-state index is -0.982. The third-order valence-electron chi connectivity index (χ3n) is 3.96. The Kier molecular flexibility index (Phi) is 3.74. The standard InChI is InChI=1S/C14H16ClN5O2/c1-14(19-13(21)22)4-6-20(7-5-14)11-8-16-12-9(17-11)2-3-10(15)18-12/h2-3,8,19H,4-7H2,1H3,(H,21,22). The van der Waals surface area contributed by atoms with Gasteiger partial charge in [0.2, 0.25) is 0 Å². The smallest absolute Gasteiger partial charge is 0.405 e. The molecule has 0 unspecified atom stereocenters. The van der Waals surface area contributed by atoms with E-state index in [1.54, 1.807) is 18.3 Å². The molecule has 1 aliphatic rings. The van der Waals surface area contributed by atoms with Crippen LogP contribution in [0.15, 0.2) is 18.3 Å². The summed E-state index contributed by atoms with van der Waals surface area (Å²) < 4.78 is 0. The lowest BCUT2D eigenvalue weighted by molar-refractivity contribution is 0.173. The number of amides is 1. The number of halogens is 1. The number of anilines is 1. The van der Waals surface area contributed by atoms with E-state index in [0.717, 1.165) is 31.7 Å². The first-order valence-electron chi connectivity index (χ1n) is 7.01. The van der Waals surface area contributed by atoms with Gasteiger partial charge in [-0.1, -0.05) is 11.6 Å². The highest BCUT2D eigenvalue weighted by Crippen LogP contribution is 2.25. The summed E-state index contributed by atoms with van der Waals surface area (Å²) in [4.78, 5) is 25.9. The van der Waals surface area contributed by atoms with Crippen LogP contribution in [0.5, 0.6) is 0 Å². The molecule has 2 aromatic rings. The average molecular weight is 322 g/mol. The number of hydrogen-bond donors (Lipinski definition) is 2. The van der Waals surface area contributed by atoms with Crippen LogP contribution in [0.1, 0.15) is 19.8 Å². The number of carbonyl (C=O) groups is 1. The zero-order chi connectivity index (χ0) is 15.7. The van der Waals surface area contributed by atoms with Crippen LogP contribution in [0.25, 0.3) is 11.2 Å². The summed E-state index contributed by atoms with van der Waals surface area (Å²) in [5.74, 6) is 0.772. The Morgan fingerprint density at radius 1 is 1.36 bits per heavy atom. The molecule has 8 heteroatoms. The number of aromatic nitrogens is 3. The molecule has 0 bridgehead atoms. The van der Waals surface area contributed by atoms with E-state index < -0.39 is 6.09 Å². The van der Waals surface area contributed by atoms with Crippen LogP contribution in [-0.2, 0) is 0 Å². The summed E-state index contributed by atoms with van der Waals surface area (Å²) in [6, 6.07) is 3.48. The molecule has 0 atom stereocenters. The predicted octanol–water partition coefficient (Wildman–Crippen LogP) is 2.30. The largest absolute Gasteiger partial charge is 0.465 e. The second-order valence-electron chi connectivity index (χ2n) is 5.68. The maximum absolute atomic E-state index is 10.8. The molecule has 1 fully saturated rings. The Balaban J connectivity index is 1.76. The van der Waals surface area contributed by atoms with Gasteiger partial charge in [-0.25, -0.2) is 19.7 Å². The van der Waals surface area contributed by atoms with Crippen molar-refractivity contribution in [2.45, 2.75) is 25.3 Å².